The number of guanidine groups is 1. The van der Waals surface area contributed by atoms with Crippen LogP contribution in [0.15, 0.2) is 29.3 Å². The SMILES string of the molecule is CCNC(=NCCCOc1cccc(OC)c1)NCCCOCC1CCOCC1.I. The van der Waals surface area contributed by atoms with E-state index < -0.39 is 0 Å². The van der Waals surface area contributed by atoms with Crippen LogP contribution >= 0.6 is 24.0 Å². The van der Waals surface area contributed by atoms with Crippen molar-refractivity contribution in [3.8, 4) is 11.5 Å². The van der Waals surface area contributed by atoms with Crippen LogP contribution in [0.3, 0.4) is 0 Å². The highest BCUT2D eigenvalue weighted by Gasteiger charge is 2.13. The minimum Gasteiger partial charge on any atom is -0.497 e. The number of nitrogens with one attached hydrogen (secondary N) is 2. The number of benzene rings is 1. The summed E-state index contributed by atoms with van der Waals surface area (Å²) in [6.45, 7) is 8.47. The fourth-order valence-corrected chi connectivity index (χ4v) is 3.02. The largest absolute Gasteiger partial charge is 0.497 e. The maximum absolute atomic E-state index is 5.81. The third kappa shape index (κ3) is 11.8. The molecule has 0 saturated carbocycles. The molecule has 1 fully saturated rings. The first-order chi connectivity index (χ1) is 14.3. The van der Waals surface area contributed by atoms with Gasteiger partial charge in [-0.2, -0.15) is 0 Å². The van der Waals surface area contributed by atoms with Crippen molar-refractivity contribution in [1.82, 2.24) is 10.6 Å². The smallest absolute Gasteiger partial charge is 0.191 e. The third-order valence-corrected chi connectivity index (χ3v) is 4.68. The molecular weight excluding hydrogens is 497 g/mol. The second kappa shape index (κ2) is 17.4. The number of rotatable bonds is 13. The van der Waals surface area contributed by atoms with E-state index in [1.54, 1.807) is 7.11 Å². The Hall–Kier alpha value is -1.26. The summed E-state index contributed by atoms with van der Waals surface area (Å²) < 4.78 is 22.1. The Morgan fingerprint density at radius 2 is 1.93 bits per heavy atom. The molecule has 0 unspecified atom stereocenters. The first kappa shape index (κ1) is 26.8. The Kier molecular flexibility index (Phi) is 15.6. The molecule has 0 amide bonds. The summed E-state index contributed by atoms with van der Waals surface area (Å²) in [5.41, 5.74) is 0. The Labute approximate surface area is 198 Å². The average molecular weight is 535 g/mol. The van der Waals surface area contributed by atoms with Gasteiger partial charge in [-0.1, -0.05) is 6.07 Å². The van der Waals surface area contributed by atoms with Crippen LogP contribution in [0.4, 0.5) is 0 Å². The van der Waals surface area contributed by atoms with Gasteiger partial charge in [0.2, 0.25) is 0 Å². The third-order valence-electron chi connectivity index (χ3n) is 4.68. The molecule has 1 saturated heterocycles. The zero-order valence-electron chi connectivity index (χ0n) is 18.4. The van der Waals surface area contributed by atoms with Crippen molar-refractivity contribution < 1.29 is 18.9 Å². The summed E-state index contributed by atoms with van der Waals surface area (Å²) >= 11 is 0. The first-order valence-electron chi connectivity index (χ1n) is 10.8. The highest BCUT2D eigenvalue weighted by atomic mass is 127. The number of hydrogen-bond acceptors (Lipinski definition) is 5. The quantitative estimate of drug-likeness (QED) is 0.175. The monoisotopic (exact) mass is 535 g/mol. The molecule has 1 aromatic carbocycles. The van der Waals surface area contributed by atoms with Crippen molar-refractivity contribution in [3.63, 3.8) is 0 Å². The summed E-state index contributed by atoms with van der Waals surface area (Å²) in [7, 11) is 1.65. The Balaban J connectivity index is 0.00000450. The average Bonchev–Trinajstić information content (AvgIpc) is 2.76. The summed E-state index contributed by atoms with van der Waals surface area (Å²) in [6.07, 6.45) is 4.06. The Morgan fingerprint density at radius 3 is 2.70 bits per heavy atom. The van der Waals surface area contributed by atoms with E-state index in [1.807, 2.05) is 24.3 Å². The van der Waals surface area contributed by atoms with Crippen molar-refractivity contribution in [1.29, 1.82) is 0 Å². The lowest BCUT2D eigenvalue weighted by Gasteiger charge is -2.21. The van der Waals surface area contributed by atoms with Crippen molar-refractivity contribution in [2.24, 2.45) is 10.9 Å². The highest BCUT2D eigenvalue weighted by molar-refractivity contribution is 14.0. The summed E-state index contributed by atoms with van der Waals surface area (Å²) in [4.78, 5) is 4.60. The molecule has 0 aliphatic carbocycles. The van der Waals surface area contributed by atoms with E-state index >= 15 is 0 Å². The van der Waals surface area contributed by atoms with Crippen LogP contribution in [0.1, 0.15) is 32.6 Å². The molecule has 8 heteroatoms. The van der Waals surface area contributed by atoms with Crippen molar-refractivity contribution in [2.45, 2.75) is 32.6 Å². The molecule has 2 N–H and O–H groups in total. The second-order valence-electron chi connectivity index (χ2n) is 7.05. The molecule has 2 rings (SSSR count). The fraction of sp³-hybridized carbons (Fsp3) is 0.682. The van der Waals surface area contributed by atoms with E-state index in [1.165, 1.54) is 0 Å². The van der Waals surface area contributed by atoms with Gasteiger partial charge in [-0.25, -0.2) is 0 Å². The molecule has 1 heterocycles. The number of aliphatic imine (C=N–C) groups is 1. The number of nitrogens with zero attached hydrogens (tertiary/aromatic N) is 1. The molecule has 7 nitrogen and oxygen atoms in total. The predicted molar refractivity (Wildman–Crippen MR) is 131 cm³/mol. The normalized spacial score (nSPS) is 14.7. The molecule has 0 radical (unpaired) electrons. The predicted octanol–water partition coefficient (Wildman–Crippen LogP) is 3.47. The van der Waals surface area contributed by atoms with Gasteiger partial charge in [0.15, 0.2) is 5.96 Å². The maximum atomic E-state index is 5.81. The van der Waals surface area contributed by atoms with E-state index in [0.717, 1.165) is 82.7 Å². The van der Waals surface area contributed by atoms with Crippen LogP contribution in [0.2, 0.25) is 0 Å². The molecule has 0 spiro atoms. The maximum Gasteiger partial charge on any atom is 0.191 e. The molecule has 0 aromatic heterocycles. The van der Waals surface area contributed by atoms with Crippen molar-refractivity contribution in [2.75, 3.05) is 59.8 Å². The van der Waals surface area contributed by atoms with Gasteiger partial charge in [0.05, 0.1) is 13.7 Å². The Bertz CT molecular complexity index is 583. The van der Waals surface area contributed by atoms with Gasteiger partial charge in [0.1, 0.15) is 11.5 Å². The molecule has 0 bridgehead atoms. The molecule has 0 atom stereocenters. The van der Waals surface area contributed by atoms with Crippen LogP contribution in [0.5, 0.6) is 11.5 Å². The minimum absolute atomic E-state index is 0. The molecular formula is C22H38IN3O4. The van der Waals surface area contributed by atoms with E-state index in [4.69, 9.17) is 18.9 Å². The summed E-state index contributed by atoms with van der Waals surface area (Å²) in [5.74, 6) is 3.13. The van der Waals surface area contributed by atoms with Gasteiger partial charge < -0.3 is 29.6 Å². The van der Waals surface area contributed by atoms with Crippen molar-refractivity contribution in [3.05, 3.63) is 24.3 Å². The molecule has 172 valence electrons. The number of methoxy groups -OCH3 is 1. The summed E-state index contributed by atoms with van der Waals surface area (Å²) in [6, 6.07) is 7.65. The van der Waals surface area contributed by atoms with Gasteiger partial charge in [0, 0.05) is 58.5 Å². The number of halogens is 1. The van der Waals surface area contributed by atoms with Crippen molar-refractivity contribution >= 4 is 29.9 Å². The topological polar surface area (TPSA) is 73.3 Å². The van der Waals surface area contributed by atoms with Gasteiger partial charge >= 0.3 is 0 Å². The zero-order valence-corrected chi connectivity index (χ0v) is 20.7. The molecule has 1 aliphatic heterocycles. The van der Waals surface area contributed by atoms with Crippen LogP contribution in [-0.2, 0) is 9.47 Å². The standard InChI is InChI=1S/C22H37N3O4.HI/c1-3-23-22(24-11-5-13-28-18-19-9-15-27-16-10-19)25-12-6-14-29-21-8-4-7-20(17-21)26-2;/h4,7-8,17,19H,3,5-6,9-16,18H2,1-2H3,(H2,23,24,25);1H. The summed E-state index contributed by atoms with van der Waals surface area (Å²) in [5, 5.41) is 6.64. The van der Waals surface area contributed by atoms with Gasteiger partial charge in [0.25, 0.3) is 0 Å². The highest BCUT2D eigenvalue weighted by Crippen LogP contribution is 2.18. The second-order valence-corrected chi connectivity index (χ2v) is 7.05. The van der Waals surface area contributed by atoms with Crippen LogP contribution in [-0.4, -0.2) is 65.7 Å². The Morgan fingerprint density at radius 1 is 1.13 bits per heavy atom. The minimum atomic E-state index is 0. The van der Waals surface area contributed by atoms with E-state index in [-0.39, 0.29) is 24.0 Å². The lowest BCUT2D eigenvalue weighted by molar-refractivity contribution is 0.0203. The van der Waals surface area contributed by atoms with Crippen LogP contribution in [0, 0.1) is 5.92 Å². The fourth-order valence-electron chi connectivity index (χ4n) is 3.02. The van der Waals surface area contributed by atoms with E-state index in [2.05, 4.69) is 22.5 Å². The zero-order chi connectivity index (χ0) is 20.6. The molecule has 1 aliphatic rings. The number of ether oxygens (including phenoxy) is 4. The van der Waals surface area contributed by atoms with E-state index in [9.17, 15) is 0 Å². The molecule has 30 heavy (non-hydrogen) atoms. The van der Waals surface area contributed by atoms with Crippen LogP contribution < -0.4 is 20.1 Å². The van der Waals surface area contributed by atoms with Gasteiger partial charge in [-0.15, -0.1) is 24.0 Å². The van der Waals surface area contributed by atoms with Gasteiger partial charge in [-0.05, 0) is 44.2 Å². The molecule has 1 aromatic rings. The lowest BCUT2D eigenvalue weighted by Crippen LogP contribution is -2.38. The van der Waals surface area contributed by atoms with Crippen LogP contribution in [0.25, 0.3) is 0 Å². The first-order valence-corrected chi connectivity index (χ1v) is 10.8. The van der Waals surface area contributed by atoms with Gasteiger partial charge in [-0.3, -0.25) is 4.99 Å². The van der Waals surface area contributed by atoms with E-state index in [0.29, 0.717) is 19.1 Å². The lowest BCUT2D eigenvalue weighted by atomic mass is 10.0. The number of hydrogen-bond donors (Lipinski definition) is 2.